The van der Waals surface area contributed by atoms with Gasteiger partial charge in [0.15, 0.2) is 5.79 Å². The van der Waals surface area contributed by atoms with E-state index in [0.717, 1.165) is 13.0 Å². The molecule has 0 spiro atoms. The highest BCUT2D eigenvalue weighted by Gasteiger charge is 2.48. The molecule has 19 heavy (non-hydrogen) atoms. The zero-order valence-corrected chi connectivity index (χ0v) is 11.0. The fourth-order valence-corrected chi connectivity index (χ4v) is 3.15. The highest BCUT2D eigenvalue weighted by atomic mass is 16.7. The van der Waals surface area contributed by atoms with Crippen LogP contribution in [0, 0.1) is 5.92 Å². The molecule has 2 saturated heterocycles. The molecule has 0 amide bonds. The molecule has 2 aliphatic rings. The van der Waals surface area contributed by atoms with Crippen molar-refractivity contribution in [3.63, 3.8) is 0 Å². The molecule has 104 valence electrons. The maximum absolute atomic E-state index is 10.3. The average molecular weight is 263 g/mol. The number of piperidine rings is 1. The van der Waals surface area contributed by atoms with Gasteiger partial charge in [-0.05, 0) is 18.5 Å². The molecule has 2 aliphatic heterocycles. The van der Waals surface area contributed by atoms with Crippen molar-refractivity contribution >= 4 is 0 Å². The minimum absolute atomic E-state index is 0.0384. The number of aliphatic hydroxyl groups is 1. The van der Waals surface area contributed by atoms with Gasteiger partial charge in [0.05, 0.1) is 19.3 Å². The lowest BCUT2D eigenvalue weighted by molar-refractivity contribution is -0.220. The van der Waals surface area contributed by atoms with Crippen LogP contribution >= 0.6 is 0 Å². The summed E-state index contributed by atoms with van der Waals surface area (Å²) in [5.74, 6) is -0.612. The number of hydrogen-bond acceptors (Lipinski definition) is 4. The second-order valence-corrected chi connectivity index (χ2v) is 5.34. The van der Waals surface area contributed by atoms with E-state index in [1.165, 1.54) is 5.56 Å². The fourth-order valence-electron chi connectivity index (χ4n) is 3.15. The molecule has 2 N–H and O–H groups in total. The third-order valence-corrected chi connectivity index (χ3v) is 4.08. The van der Waals surface area contributed by atoms with Gasteiger partial charge in [0, 0.05) is 18.9 Å². The summed E-state index contributed by atoms with van der Waals surface area (Å²) in [4.78, 5) is 0. The summed E-state index contributed by atoms with van der Waals surface area (Å²) in [6, 6.07) is 10.2. The topological polar surface area (TPSA) is 50.7 Å². The quantitative estimate of drug-likeness (QED) is 0.852. The van der Waals surface area contributed by atoms with E-state index in [4.69, 9.17) is 9.47 Å². The van der Waals surface area contributed by atoms with Crippen LogP contribution < -0.4 is 5.32 Å². The van der Waals surface area contributed by atoms with Gasteiger partial charge in [0.1, 0.15) is 0 Å². The Kier molecular flexibility index (Phi) is 3.84. The Morgan fingerprint density at radius 3 is 2.63 bits per heavy atom. The van der Waals surface area contributed by atoms with E-state index < -0.39 is 11.9 Å². The molecule has 4 nitrogen and oxygen atoms in total. The van der Waals surface area contributed by atoms with Crippen LogP contribution in [0.2, 0.25) is 0 Å². The monoisotopic (exact) mass is 263 g/mol. The molecule has 0 saturated carbocycles. The summed E-state index contributed by atoms with van der Waals surface area (Å²) in [6.45, 7) is 2.76. The molecule has 4 heteroatoms. The lowest BCUT2D eigenvalue weighted by Gasteiger charge is -2.41. The first-order valence-corrected chi connectivity index (χ1v) is 7.01. The zero-order chi connectivity index (χ0) is 13.1. The van der Waals surface area contributed by atoms with Crippen molar-refractivity contribution in [1.82, 2.24) is 5.32 Å². The lowest BCUT2D eigenvalue weighted by atomic mass is 9.83. The third kappa shape index (κ3) is 2.67. The number of benzene rings is 1. The Bertz CT molecular complexity index is 403. The van der Waals surface area contributed by atoms with Gasteiger partial charge < -0.3 is 19.9 Å². The van der Waals surface area contributed by atoms with Crippen LogP contribution in [0.3, 0.4) is 0 Å². The molecule has 1 aromatic rings. The van der Waals surface area contributed by atoms with E-state index in [2.05, 4.69) is 17.4 Å². The Morgan fingerprint density at radius 1 is 1.21 bits per heavy atom. The average Bonchev–Trinajstić information content (AvgIpc) is 2.90. The molecular weight excluding hydrogens is 242 g/mol. The zero-order valence-electron chi connectivity index (χ0n) is 11.0. The van der Waals surface area contributed by atoms with Crippen molar-refractivity contribution in [1.29, 1.82) is 0 Å². The maximum Gasteiger partial charge on any atom is 0.177 e. The summed E-state index contributed by atoms with van der Waals surface area (Å²) in [7, 11) is 0. The first-order chi connectivity index (χ1) is 9.30. The lowest BCUT2D eigenvalue weighted by Crippen LogP contribution is -2.53. The summed E-state index contributed by atoms with van der Waals surface area (Å²) in [5, 5.41) is 13.5. The second-order valence-electron chi connectivity index (χ2n) is 5.34. The van der Waals surface area contributed by atoms with Crippen LogP contribution in [0.15, 0.2) is 30.3 Å². The fraction of sp³-hybridized carbons (Fsp3) is 0.600. The number of β-amino-alcohol motifs (C(OH)–C–C–N with tert-alkyl or cyclic N) is 1. The number of hydrogen-bond donors (Lipinski definition) is 2. The molecule has 0 bridgehead atoms. The van der Waals surface area contributed by atoms with Gasteiger partial charge in [-0.15, -0.1) is 0 Å². The number of nitrogens with one attached hydrogen (secondary N) is 1. The Morgan fingerprint density at radius 2 is 1.95 bits per heavy atom. The van der Waals surface area contributed by atoms with Crippen molar-refractivity contribution in [2.45, 2.75) is 24.7 Å². The molecule has 3 rings (SSSR count). The van der Waals surface area contributed by atoms with E-state index in [1.54, 1.807) is 0 Å². The molecule has 1 aromatic carbocycles. The van der Waals surface area contributed by atoms with Crippen LogP contribution in [0.1, 0.15) is 12.0 Å². The highest BCUT2D eigenvalue weighted by molar-refractivity contribution is 5.17. The van der Waals surface area contributed by atoms with Crippen LogP contribution in [0.5, 0.6) is 0 Å². The van der Waals surface area contributed by atoms with Crippen LogP contribution in [0.4, 0.5) is 0 Å². The number of ether oxygens (including phenoxy) is 2. The minimum Gasteiger partial charge on any atom is -0.391 e. The van der Waals surface area contributed by atoms with Crippen LogP contribution in [0.25, 0.3) is 0 Å². The molecular formula is C15H21NO3. The Hall–Kier alpha value is -0.940. The largest absolute Gasteiger partial charge is 0.391 e. The van der Waals surface area contributed by atoms with Crippen LogP contribution in [-0.2, 0) is 15.9 Å². The van der Waals surface area contributed by atoms with Gasteiger partial charge in [0.2, 0.25) is 0 Å². The maximum atomic E-state index is 10.3. The van der Waals surface area contributed by atoms with Crippen molar-refractivity contribution in [3.05, 3.63) is 35.9 Å². The van der Waals surface area contributed by atoms with Gasteiger partial charge in [-0.3, -0.25) is 0 Å². The van der Waals surface area contributed by atoms with Crippen LogP contribution in [-0.4, -0.2) is 43.3 Å². The second kappa shape index (κ2) is 5.59. The standard InChI is InChI=1S/C15H21NO3/c17-14-11-16-7-6-13(14)15(18-8-9-19-15)10-12-4-2-1-3-5-12/h1-5,13-14,16-17H,6-11H2. The van der Waals surface area contributed by atoms with E-state index in [9.17, 15) is 5.11 Å². The van der Waals surface area contributed by atoms with Gasteiger partial charge in [-0.2, -0.15) is 0 Å². The SMILES string of the molecule is OC1CNCCC1C1(Cc2ccccc2)OCCO1. The highest BCUT2D eigenvalue weighted by Crippen LogP contribution is 2.37. The smallest absolute Gasteiger partial charge is 0.177 e. The van der Waals surface area contributed by atoms with Crippen molar-refractivity contribution in [2.24, 2.45) is 5.92 Å². The van der Waals surface area contributed by atoms with E-state index >= 15 is 0 Å². The Balaban J connectivity index is 1.82. The predicted molar refractivity (Wildman–Crippen MR) is 71.8 cm³/mol. The first-order valence-electron chi connectivity index (χ1n) is 7.01. The molecule has 0 aromatic heterocycles. The van der Waals surface area contributed by atoms with E-state index in [0.29, 0.717) is 26.2 Å². The van der Waals surface area contributed by atoms with E-state index in [1.807, 2.05) is 18.2 Å². The molecule has 2 atom stereocenters. The van der Waals surface area contributed by atoms with E-state index in [-0.39, 0.29) is 5.92 Å². The third-order valence-electron chi connectivity index (χ3n) is 4.08. The number of aliphatic hydroxyl groups excluding tert-OH is 1. The van der Waals surface area contributed by atoms with Gasteiger partial charge in [-0.25, -0.2) is 0 Å². The molecule has 0 aliphatic carbocycles. The van der Waals surface area contributed by atoms with Gasteiger partial charge in [0.25, 0.3) is 0 Å². The summed E-state index contributed by atoms with van der Waals surface area (Å²) in [5.41, 5.74) is 1.19. The normalized spacial score (nSPS) is 30.4. The van der Waals surface area contributed by atoms with Crippen molar-refractivity contribution in [2.75, 3.05) is 26.3 Å². The predicted octanol–water partition coefficient (Wildman–Crippen LogP) is 0.943. The first kappa shape index (κ1) is 13.1. The van der Waals surface area contributed by atoms with Gasteiger partial charge >= 0.3 is 0 Å². The summed E-state index contributed by atoms with van der Waals surface area (Å²) < 4.78 is 11.9. The summed E-state index contributed by atoms with van der Waals surface area (Å²) in [6.07, 6.45) is 1.18. The summed E-state index contributed by atoms with van der Waals surface area (Å²) >= 11 is 0. The molecule has 2 heterocycles. The molecule has 2 fully saturated rings. The minimum atomic E-state index is -0.650. The number of rotatable bonds is 3. The van der Waals surface area contributed by atoms with Crippen molar-refractivity contribution in [3.8, 4) is 0 Å². The Labute approximate surface area is 113 Å². The van der Waals surface area contributed by atoms with Gasteiger partial charge in [-0.1, -0.05) is 30.3 Å². The van der Waals surface area contributed by atoms with Crippen molar-refractivity contribution < 1.29 is 14.6 Å². The molecule has 0 radical (unpaired) electrons. The molecule has 2 unspecified atom stereocenters.